The molecule has 0 bridgehead atoms. The number of nitrogens with zero attached hydrogens (tertiary/aromatic N) is 2. The van der Waals surface area contributed by atoms with Gasteiger partial charge in [0.05, 0.1) is 5.69 Å². The minimum atomic E-state index is -0.389. The average molecular weight is 372 g/mol. The van der Waals surface area contributed by atoms with Gasteiger partial charge in [-0.15, -0.1) is 10.2 Å². The molecule has 0 spiro atoms. The van der Waals surface area contributed by atoms with Gasteiger partial charge in [0.2, 0.25) is 0 Å². The van der Waals surface area contributed by atoms with Gasteiger partial charge in [-0.25, -0.2) is 4.39 Å². The van der Waals surface area contributed by atoms with E-state index in [1.54, 1.807) is 19.2 Å². The molecule has 0 atom stereocenters. The van der Waals surface area contributed by atoms with Gasteiger partial charge in [0, 0.05) is 10.6 Å². The molecular weight excluding hydrogens is 362 g/mol. The maximum atomic E-state index is 12.9. The second-order valence-corrected chi connectivity index (χ2v) is 4.79. The van der Waals surface area contributed by atoms with E-state index in [0.717, 1.165) is 0 Å². The van der Waals surface area contributed by atoms with E-state index < -0.39 is 0 Å². The molecule has 1 amide bonds. The summed E-state index contributed by atoms with van der Waals surface area (Å²) in [5.74, 6) is -0.159. The van der Waals surface area contributed by atoms with E-state index in [1.165, 1.54) is 18.2 Å². The Morgan fingerprint density at radius 3 is 2.63 bits per heavy atom. The van der Waals surface area contributed by atoms with Crippen LogP contribution in [-0.2, 0) is 0 Å². The van der Waals surface area contributed by atoms with Gasteiger partial charge in [-0.2, -0.15) is 0 Å². The van der Waals surface area contributed by atoms with E-state index in [-0.39, 0.29) is 17.4 Å². The fourth-order valence-corrected chi connectivity index (χ4v) is 1.98. The van der Waals surface area contributed by atoms with Crippen LogP contribution < -0.4 is 10.6 Å². The molecular formula is C12H10FIN4O. The number of amides is 1. The van der Waals surface area contributed by atoms with E-state index in [1.807, 2.05) is 22.6 Å². The van der Waals surface area contributed by atoms with Crippen molar-refractivity contribution in [3.05, 3.63) is 45.4 Å². The predicted molar refractivity (Wildman–Crippen MR) is 78.6 cm³/mol. The third kappa shape index (κ3) is 3.37. The second kappa shape index (κ2) is 5.91. The van der Waals surface area contributed by atoms with Gasteiger partial charge in [0.15, 0.2) is 5.69 Å². The SMILES string of the molecule is CNc1ccc(C(=O)Nc2ccc(F)cc2I)nn1. The number of carbonyl (C=O) groups excluding carboxylic acids is 1. The summed E-state index contributed by atoms with van der Waals surface area (Å²) in [6.45, 7) is 0. The summed E-state index contributed by atoms with van der Waals surface area (Å²) in [7, 11) is 1.71. The normalized spacial score (nSPS) is 10.1. The highest BCUT2D eigenvalue weighted by atomic mass is 127. The fraction of sp³-hybridized carbons (Fsp3) is 0.0833. The zero-order valence-corrected chi connectivity index (χ0v) is 12.1. The van der Waals surface area contributed by atoms with Crippen LogP contribution in [0.25, 0.3) is 0 Å². The van der Waals surface area contributed by atoms with Crippen molar-refractivity contribution in [1.29, 1.82) is 0 Å². The molecule has 1 heterocycles. The van der Waals surface area contributed by atoms with Gasteiger partial charge in [0.1, 0.15) is 11.6 Å². The average Bonchev–Trinajstić information content (AvgIpc) is 2.42. The van der Waals surface area contributed by atoms with E-state index in [4.69, 9.17) is 0 Å². The largest absolute Gasteiger partial charge is 0.372 e. The van der Waals surface area contributed by atoms with Crippen molar-refractivity contribution in [3.8, 4) is 0 Å². The summed E-state index contributed by atoms with van der Waals surface area (Å²) >= 11 is 1.95. The molecule has 0 radical (unpaired) electrons. The fourth-order valence-electron chi connectivity index (χ4n) is 1.36. The number of carbonyl (C=O) groups is 1. The first-order chi connectivity index (χ1) is 9.10. The molecule has 0 aliphatic heterocycles. The Morgan fingerprint density at radius 2 is 2.05 bits per heavy atom. The van der Waals surface area contributed by atoms with Crippen LogP contribution >= 0.6 is 22.6 Å². The Hall–Kier alpha value is -1.77. The van der Waals surface area contributed by atoms with Crippen LogP contribution in [0.3, 0.4) is 0 Å². The Bertz CT molecular complexity index is 603. The van der Waals surface area contributed by atoms with E-state index in [9.17, 15) is 9.18 Å². The molecule has 1 aromatic heterocycles. The van der Waals surface area contributed by atoms with Gasteiger partial charge in [-0.05, 0) is 52.9 Å². The number of hydrogen-bond acceptors (Lipinski definition) is 4. The second-order valence-electron chi connectivity index (χ2n) is 3.63. The van der Waals surface area contributed by atoms with Gasteiger partial charge < -0.3 is 10.6 Å². The van der Waals surface area contributed by atoms with Gasteiger partial charge in [-0.3, -0.25) is 4.79 Å². The molecule has 7 heteroatoms. The molecule has 0 saturated heterocycles. The first-order valence-corrected chi connectivity index (χ1v) is 6.46. The van der Waals surface area contributed by atoms with Crippen LogP contribution in [0.4, 0.5) is 15.9 Å². The zero-order valence-electron chi connectivity index (χ0n) is 9.95. The highest BCUT2D eigenvalue weighted by Crippen LogP contribution is 2.19. The first-order valence-electron chi connectivity index (χ1n) is 5.38. The third-order valence-corrected chi connectivity index (χ3v) is 3.23. The minimum Gasteiger partial charge on any atom is -0.372 e. The van der Waals surface area contributed by atoms with E-state index >= 15 is 0 Å². The lowest BCUT2D eigenvalue weighted by Gasteiger charge is -2.07. The van der Waals surface area contributed by atoms with Crippen molar-refractivity contribution in [1.82, 2.24) is 10.2 Å². The molecule has 0 aliphatic rings. The van der Waals surface area contributed by atoms with Crippen LogP contribution in [0.2, 0.25) is 0 Å². The summed E-state index contributed by atoms with van der Waals surface area (Å²) in [5, 5.41) is 13.1. The predicted octanol–water partition coefficient (Wildman–Crippen LogP) is 2.51. The number of halogens is 2. The highest BCUT2D eigenvalue weighted by molar-refractivity contribution is 14.1. The maximum absolute atomic E-state index is 12.9. The van der Waals surface area contributed by atoms with Crippen molar-refractivity contribution in [2.24, 2.45) is 0 Å². The summed E-state index contributed by atoms with van der Waals surface area (Å²) in [4.78, 5) is 11.9. The molecule has 0 saturated carbocycles. The lowest BCUT2D eigenvalue weighted by Crippen LogP contribution is -2.15. The maximum Gasteiger partial charge on any atom is 0.276 e. The molecule has 98 valence electrons. The van der Waals surface area contributed by atoms with Crippen molar-refractivity contribution in [2.75, 3.05) is 17.7 Å². The monoisotopic (exact) mass is 372 g/mol. The number of benzene rings is 1. The lowest BCUT2D eigenvalue weighted by atomic mass is 10.3. The Balaban J connectivity index is 2.15. The van der Waals surface area contributed by atoms with Crippen LogP contribution in [0.5, 0.6) is 0 Å². The highest BCUT2D eigenvalue weighted by Gasteiger charge is 2.10. The van der Waals surface area contributed by atoms with Crippen molar-refractivity contribution < 1.29 is 9.18 Å². The lowest BCUT2D eigenvalue weighted by molar-refractivity contribution is 0.102. The summed E-state index contributed by atoms with van der Waals surface area (Å²) in [6, 6.07) is 7.34. The molecule has 0 fully saturated rings. The Labute approximate surface area is 122 Å². The molecule has 0 unspecified atom stereocenters. The molecule has 2 rings (SSSR count). The minimum absolute atomic E-state index is 0.194. The number of hydrogen-bond donors (Lipinski definition) is 2. The quantitative estimate of drug-likeness (QED) is 0.813. The smallest absolute Gasteiger partial charge is 0.276 e. The number of aromatic nitrogens is 2. The number of anilines is 2. The number of rotatable bonds is 3. The van der Waals surface area contributed by atoms with E-state index in [2.05, 4.69) is 20.8 Å². The van der Waals surface area contributed by atoms with Crippen LogP contribution in [0, 0.1) is 9.39 Å². The third-order valence-electron chi connectivity index (χ3n) is 2.33. The molecule has 0 aliphatic carbocycles. The standard InChI is InChI=1S/C12H10FIN4O/c1-15-11-5-4-10(17-18-11)12(19)16-9-3-2-7(13)6-8(9)14/h2-6H,1H3,(H,15,18)(H,16,19). The zero-order chi connectivity index (χ0) is 13.8. The molecule has 1 aromatic carbocycles. The molecule has 19 heavy (non-hydrogen) atoms. The Kier molecular flexibility index (Phi) is 4.25. The molecule has 2 aromatic rings. The molecule has 5 nitrogen and oxygen atoms in total. The van der Waals surface area contributed by atoms with E-state index in [0.29, 0.717) is 15.1 Å². The summed E-state index contributed by atoms with van der Waals surface area (Å²) in [6.07, 6.45) is 0. The van der Waals surface area contributed by atoms with Crippen molar-refractivity contribution in [2.45, 2.75) is 0 Å². The van der Waals surface area contributed by atoms with Crippen LogP contribution in [-0.4, -0.2) is 23.2 Å². The summed E-state index contributed by atoms with van der Waals surface area (Å²) in [5.41, 5.74) is 0.727. The van der Waals surface area contributed by atoms with Crippen molar-refractivity contribution in [3.63, 3.8) is 0 Å². The summed E-state index contributed by atoms with van der Waals surface area (Å²) < 4.78 is 13.6. The van der Waals surface area contributed by atoms with Crippen LogP contribution in [0.15, 0.2) is 30.3 Å². The van der Waals surface area contributed by atoms with Gasteiger partial charge in [-0.1, -0.05) is 0 Å². The molecule has 2 N–H and O–H groups in total. The van der Waals surface area contributed by atoms with Gasteiger partial charge in [0.25, 0.3) is 5.91 Å². The van der Waals surface area contributed by atoms with Crippen molar-refractivity contribution >= 4 is 40.0 Å². The Morgan fingerprint density at radius 1 is 1.26 bits per heavy atom. The van der Waals surface area contributed by atoms with Crippen LogP contribution in [0.1, 0.15) is 10.5 Å². The topological polar surface area (TPSA) is 66.9 Å². The first kappa shape index (κ1) is 13.7. The number of nitrogens with one attached hydrogen (secondary N) is 2. The van der Waals surface area contributed by atoms with Gasteiger partial charge >= 0.3 is 0 Å².